The van der Waals surface area contributed by atoms with E-state index >= 15 is 4.39 Å². The summed E-state index contributed by atoms with van der Waals surface area (Å²) < 4.78 is 43.5. The summed E-state index contributed by atoms with van der Waals surface area (Å²) in [5.74, 6) is -1.70. The molecule has 0 aliphatic rings. The van der Waals surface area contributed by atoms with Crippen LogP contribution in [0.25, 0.3) is 0 Å². The van der Waals surface area contributed by atoms with Gasteiger partial charge in [0.25, 0.3) is 10.0 Å². The standard InChI is InChI=1S/C31H38FN3O4S/c1-5-7-20-33-31(37)28(6-2)34(21-25-13-9-8-12-24(25)4)30(36)22-35(29-15-11-10-14-27(29)32)40(38,39)26-18-16-23(3)17-19-26/h8-19,28H,5-7,20-22H2,1-4H3,(H,33,37)/t28-/m1/s1. The smallest absolute Gasteiger partial charge is 0.264 e. The zero-order chi connectivity index (χ0) is 29.3. The second kappa shape index (κ2) is 14.1. The number of para-hydroxylation sites is 1. The summed E-state index contributed by atoms with van der Waals surface area (Å²) in [5, 5.41) is 2.90. The molecule has 3 rings (SSSR count). The quantitative estimate of drug-likeness (QED) is 0.282. The molecule has 0 saturated carbocycles. The van der Waals surface area contributed by atoms with E-state index in [1.807, 2.05) is 45.0 Å². The SMILES string of the molecule is CCCCNC(=O)[C@@H](CC)N(Cc1ccccc1C)C(=O)CN(c1ccccc1F)S(=O)(=O)c1ccc(C)cc1. The van der Waals surface area contributed by atoms with Gasteiger partial charge in [0.15, 0.2) is 0 Å². The van der Waals surface area contributed by atoms with Crippen molar-refractivity contribution < 1.29 is 22.4 Å². The highest BCUT2D eigenvalue weighted by atomic mass is 32.2. The van der Waals surface area contributed by atoms with Gasteiger partial charge in [0.05, 0.1) is 10.6 Å². The molecule has 1 N–H and O–H groups in total. The van der Waals surface area contributed by atoms with Gasteiger partial charge in [-0.25, -0.2) is 12.8 Å². The second-order valence-electron chi connectivity index (χ2n) is 9.79. The Hall–Kier alpha value is -3.72. The average Bonchev–Trinajstić information content (AvgIpc) is 2.93. The van der Waals surface area contributed by atoms with Crippen molar-refractivity contribution >= 4 is 27.5 Å². The van der Waals surface area contributed by atoms with Gasteiger partial charge in [0.1, 0.15) is 18.4 Å². The molecular formula is C31H38FN3O4S. The lowest BCUT2D eigenvalue weighted by Gasteiger charge is -2.33. The molecule has 0 unspecified atom stereocenters. The molecule has 0 radical (unpaired) electrons. The first-order valence-electron chi connectivity index (χ1n) is 13.6. The maximum atomic E-state index is 15.0. The first kappa shape index (κ1) is 30.8. The molecule has 0 aliphatic heterocycles. The summed E-state index contributed by atoms with van der Waals surface area (Å²) in [5.41, 5.74) is 2.37. The summed E-state index contributed by atoms with van der Waals surface area (Å²) in [6, 6.07) is 18.3. The molecular weight excluding hydrogens is 529 g/mol. The lowest BCUT2D eigenvalue weighted by atomic mass is 10.1. The van der Waals surface area contributed by atoms with Gasteiger partial charge in [0.2, 0.25) is 11.8 Å². The minimum atomic E-state index is -4.33. The molecule has 0 aliphatic carbocycles. The number of hydrogen-bond donors (Lipinski definition) is 1. The number of hydrogen-bond acceptors (Lipinski definition) is 4. The summed E-state index contributed by atoms with van der Waals surface area (Å²) in [4.78, 5) is 28.6. The fraction of sp³-hybridized carbons (Fsp3) is 0.355. The highest BCUT2D eigenvalue weighted by Gasteiger charge is 2.34. The monoisotopic (exact) mass is 567 g/mol. The maximum Gasteiger partial charge on any atom is 0.264 e. The average molecular weight is 568 g/mol. The number of nitrogens with one attached hydrogen (secondary N) is 1. The lowest BCUT2D eigenvalue weighted by molar-refractivity contribution is -0.140. The molecule has 0 saturated heterocycles. The van der Waals surface area contributed by atoms with Gasteiger partial charge in [-0.2, -0.15) is 0 Å². The van der Waals surface area contributed by atoms with E-state index in [0.29, 0.717) is 13.0 Å². The molecule has 0 spiro atoms. The number of carbonyl (C=O) groups excluding carboxylic acids is 2. The molecule has 0 bridgehead atoms. The number of halogens is 1. The van der Waals surface area contributed by atoms with Gasteiger partial charge in [0, 0.05) is 13.1 Å². The molecule has 3 aromatic carbocycles. The van der Waals surface area contributed by atoms with Crippen LogP contribution in [0.5, 0.6) is 0 Å². The molecule has 0 aromatic heterocycles. The van der Waals surface area contributed by atoms with Gasteiger partial charge in [-0.1, -0.05) is 74.4 Å². The Labute approximate surface area is 237 Å². The van der Waals surface area contributed by atoms with Crippen LogP contribution in [-0.4, -0.2) is 44.3 Å². The van der Waals surface area contributed by atoms with E-state index in [-0.39, 0.29) is 23.0 Å². The normalized spacial score (nSPS) is 12.0. The molecule has 40 heavy (non-hydrogen) atoms. The van der Waals surface area contributed by atoms with Gasteiger partial charge in [-0.15, -0.1) is 0 Å². The van der Waals surface area contributed by atoms with Gasteiger partial charge < -0.3 is 10.2 Å². The largest absolute Gasteiger partial charge is 0.354 e. The number of unbranched alkanes of at least 4 members (excludes halogenated alkanes) is 1. The number of sulfonamides is 1. The highest BCUT2D eigenvalue weighted by Crippen LogP contribution is 2.27. The van der Waals surface area contributed by atoms with Crippen LogP contribution in [0.3, 0.4) is 0 Å². The van der Waals surface area contributed by atoms with E-state index in [1.54, 1.807) is 19.1 Å². The number of carbonyl (C=O) groups is 2. The molecule has 3 aromatic rings. The van der Waals surface area contributed by atoms with Crippen LogP contribution in [0, 0.1) is 19.7 Å². The van der Waals surface area contributed by atoms with Crippen molar-refractivity contribution in [2.24, 2.45) is 0 Å². The maximum absolute atomic E-state index is 15.0. The van der Waals surface area contributed by atoms with Gasteiger partial charge >= 0.3 is 0 Å². The fourth-order valence-corrected chi connectivity index (χ4v) is 5.82. The van der Waals surface area contributed by atoms with E-state index in [0.717, 1.165) is 39.9 Å². The Bertz CT molecular complexity index is 1410. The van der Waals surface area contributed by atoms with E-state index in [2.05, 4.69) is 5.32 Å². The van der Waals surface area contributed by atoms with Crippen LogP contribution in [0.1, 0.15) is 49.8 Å². The molecule has 1 atom stereocenters. The fourth-order valence-electron chi connectivity index (χ4n) is 4.40. The summed E-state index contributed by atoms with van der Waals surface area (Å²) in [7, 11) is -4.33. The Kier molecular flexibility index (Phi) is 10.8. The second-order valence-corrected chi connectivity index (χ2v) is 11.7. The van der Waals surface area contributed by atoms with Crippen LogP contribution in [0.4, 0.5) is 10.1 Å². The van der Waals surface area contributed by atoms with Crippen molar-refractivity contribution in [1.82, 2.24) is 10.2 Å². The third kappa shape index (κ3) is 7.47. The zero-order valence-electron chi connectivity index (χ0n) is 23.6. The van der Waals surface area contributed by atoms with E-state index in [9.17, 15) is 18.0 Å². The van der Waals surface area contributed by atoms with Crippen molar-refractivity contribution in [1.29, 1.82) is 0 Å². The van der Waals surface area contributed by atoms with Crippen LogP contribution < -0.4 is 9.62 Å². The van der Waals surface area contributed by atoms with Crippen molar-refractivity contribution in [3.8, 4) is 0 Å². The Balaban J connectivity index is 2.06. The van der Waals surface area contributed by atoms with Gasteiger partial charge in [-0.05, 0) is 62.1 Å². The first-order valence-corrected chi connectivity index (χ1v) is 15.0. The number of rotatable bonds is 13. The number of amides is 2. The lowest BCUT2D eigenvalue weighted by Crippen LogP contribution is -2.52. The number of anilines is 1. The van der Waals surface area contributed by atoms with Crippen molar-refractivity contribution in [2.75, 3.05) is 17.4 Å². The third-order valence-corrected chi connectivity index (χ3v) is 8.60. The topological polar surface area (TPSA) is 86.8 Å². The van der Waals surface area contributed by atoms with Crippen molar-refractivity contribution in [2.45, 2.75) is 64.4 Å². The molecule has 2 amide bonds. The Morgan fingerprint density at radius 3 is 2.20 bits per heavy atom. The predicted molar refractivity (Wildman–Crippen MR) is 156 cm³/mol. The van der Waals surface area contributed by atoms with Crippen molar-refractivity contribution in [3.05, 3.63) is 95.3 Å². The molecule has 0 fully saturated rings. The molecule has 7 nitrogen and oxygen atoms in total. The molecule has 9 heteroatoms. The van der Waals surface area contributed by atoms with Crippen LogP contribution >= 0.6 is 0 Å². The predicted octanol–water partition coefficient (Wildman–Crippen LogP) is 5.36. The summed E-state index contributed by atoms with van der Waals surface area (Å²) >= 11 is 0. The van der Waals surface area contributed by atoms with Crippen molar-refractivity contribution in [3.63, 3.8) is 0 Å². The van der Waals surface area contributed by atoms with Gasteiger partial charge in [-0.3, -0.25) is 13.9 Å². The van der Waals surface area contributed by atoms with E-state index in [4.69, 9.17) is 0 Å². The minimum absolute atomic E-state index is 0.0658. The van der Waals surface area contributed by atoms with Crippen LogP contribution in [0.2, 0.25) is 0 Å². The van der Waals surface area contributed by atoms with Crippen LogP contribution in [0.15, 0.2) is 77.7 Å². The van der Waals surface area contributed by atoms with Crippen LogP contribution in [-0.2, 0) is 26.2 Å². The van der Waals surface area contributed by atoms with E-state index in [1.165, 1.54) is 35.2 Å². The molecule has 0 heterocycles. The third-order valence-electron chi connectivity index (χ3n) is 6.83. The minimum Gasteiger partial charge on any atom is -0.354 e. The molecule has 214 valence electrons. The Morgan fingerprint density at radius 1 is 0.925 bits per heavy atom. The number of nitrogens with zero attached hydrogens (tertiary/aromatic N) is 2. The highest BCUT2D eigenvalue weighted by molar-refractivity contribution is 7.92. The first-order chi connectivity index (χ1) is 19.1. The number of benzene rings is 3. The summed E-state index contributed by atoms with van der Waals surface area (Å²) in [6.07, 6.45) is 2.02. The Morgan fingerprint density at radius 2 is 1.57 bits per heavy atom. The zero-order valence-corrected chi connectivity index (χ0v) is 24.4. The van der Waals surface area contributed by atoms with E-state index < -0.39 is 34.3 Å². The summed E-state index contributed by atoms with van der Waals surface area (Å²) in [6.45, 7) is 7.45. The number of aryl methyl sites for hydroxylation is 2.